The van der Waals surface area contributed by atoms with E-state index >= 15 is 0 Å². The van der Waals surface area contributed by atoms with Crippen molar-refractivity contribution in [3.63, 3.8) is 0 Å². The third-order valence-electron chi connectivity index (χ3n) is 6.31. The molecule has 2 aliphatic heterocycles. The molecule has 1 atom stereocenters. The quantitative estimate of drug-likeness (QED) is 0.490. The van der Waals surface area contributed by atoms with Crippen LogP contribution in [-0.2, 0) is 4.79 Å². The number of aryl methyl sites for hydroxylation is 1. The Morgan fingerprint density at radius 3 is 2.59 bits per heavy atom. The van der Waals surface area contributed by atoms with E-state index in [1.165, 1.54) is 11.8 Å². The van der Waals surface area contributed by atoms with Crippen LogP contribution in [0.1, 0.15) is 38.3 Å². The minimum Gasteiger partial charge on any atom is -0.353 e. The molecule has 170 valence electrons. The van der Waals surface area contributed by atoms with Crippen LogP contribution >= 0.6 is 24.0 Å². The summed E-state index contributed by atoms with van der Waals surface area (Å²) >= 11 is 6.74. The lowest BCUT2D eigenvalue weighted by Crippen LogP contribution is -2.47. The second-order valence-electron chi connectivity index (χ2n) is 8.27. The highest BCUT2D eigenvalue weighted by Gasteiger charge is 2.35. The zero-order chi connectivity index (χ0) is 23.0. The first-order valence-electron chi connectivity index (χ1n) is 11.1. The van der Waals surface area contributed by atoms with Crippen LogP contribution < -0.4 is 10.5 Å². The summed E-state index contributed by atoms with van der Waals surface area (Å²) in [6, 6.07) is 3.82. The number of aromatic nitrogens is 2. The molecule has 0 spiro atoms. The Balaban J connectivity index is 1.84. The van der Waals surface area contributed by atoms with Crippen molar-refractivity contribution in [1.82, 2.24) is 19.2 Å². The van der Waals surface area contributed by atoms with Crippen LogP contribution in [0, 0.1) is 6.92 Å². The van der Waals surface area contributed by atoms with Crippen molar-refractivity contribution in [3.8, 4) is 0 Å². The number of hydrogen-bond acceptors (Lipinski definition) is 7. The first-order chi connectivity index (χ1) is 15.3. The van der Waals surface area contributed by atoms with Crippen molar-refractivity contribution in [3.05, 3.63) is 44.7 Å². The zero-order valence-electron chi connectivity index (χ0n) is 19.0. The standard InChI is InChI=1S/C23H29N5O2S2/c1-5-16(4)28-22(30)18(32-23(28)31)14-17-20(26-12-10-25(6-2)11-13-26)24-19-15(3)8-7-9-27(19)21(17)29/h7-9,14,16H,5-6,10-13H2,1-4H3/b18-14-/t16-/m1/s1. The Morgan fingerprint density at radius 1 is 1.22 bits per heavy atom. The number of pyridine rings is 1. The number of carbonyl (C=O) groups excluding carboxylic acids is 1. The van der Waals surface area contributed by atoms with Gasteiger partial charge in [-0.15, -0.1) is 0 Å². The van der Waals surface area contributed by atoms with Gasteiger partial charge in [-0.05, 0) is 44.5 Å². The highest BCUT2D eigenvalue weighted by Crippen LogP contribution is 2.35. The van der Waals surface area contributed by atoms with Crippen LogP contribution in [0.3, 0.4) is 0 Å². The molecule has 9 heteroatoms. The van der Waals surface area contributed by atoms with E-state index in [-0.39, 0.29) is 17.5 Å². The summed E-state index contributed by atoms with van der Waals surface area (Å²) < 4.78 is 2.11. The fourth-order valence-corrected chi connectivity index (χ4v) is 5.56. The summed E-state index contributed by atoms with van der Waals surface area (Å²) in [4.78, 5) is 38.3. The van der Waals surface area contributed by atoms with Gasteiger partial charge >= 0.3 is 0 Å². The minimum absolute atomic E-state index is 0.0217. The number of anilines is 1. The van der Waals surface area contributed by atoms with Crippen LogP contribution in [0.5, 0.6) is 0 Å². The second kappa shape index (κ2) is 9.33. The topological polar surface area (TPSA) is 61.2 Å². The predicted octanol–water partition coefficient (Wildman–Crippen LogP) is 3.14. The van der Waals surface area contributed by atoms with Crippen LogP contribution in [0.15, 0.2) is 28.0 Å². The fraction of sp³-hybridized carbons (Fsp3) is 0.478. The zero-order valence-corrected chi connectivity index (χ0v) is 20.6. The highest BCUT2D eigenvalue weighted by molar-refractivity contribution is 8.26. The number of thiocarbonyl (C=S) groups is 1. The molecule has 0 unspecified atom stereocenters. The largest absolute Gasteiger partial charge is 0.353 e. The number of rotatable bonds is 5. The third kappa shape index (κ3) is 4.09. The molecule has 2 aromatic rings. The molecule has 2 aliphatic rings. The molecule has 0 N–H and O–H groups in total. The van der Waals surface area contributed by atoms with Gasteiger partial charge in [0.2, 0.25) is 0 Å². The summed E-state index contributed by atoms with van der Waals surface area (Å²) in [5.41, 5.74) is 1.87. The summed E-state index contributed by atoms with van der Waals surface area (Å²) in [7, 11) is 0. The molecule has 0 saturated carbocycles. The Hall–Kier alpha value is -2.23. The minimum atomic E-state index is -0.166. The molecule has 4 heterocycles. The highest BCUT2D eigenvalue weighted by atomic mass is 32.2. The summed E-state index contributed by atoms with van der Waals surface area (Å²) in [5.74, 6) is 0.513. The maximum Gasteiger partial charge on any atom is 0.267 e. The van der Waals surface area contributed by atoms with Gasteiger partial charge in [0.25, 0.3) is 11.5 Å². The molecule has 2 fully saturated rings. The molecule has 0 aliphatic carbocycles. The normalized spacial score (nSPS) is 20.1. The number of hydrogen-bond donors (Lipinski definition) is 0. The third-order valence-corrected chi connectivity index (χ3v) is 7.64. The fourth-order valence-electron chi connectivity index (χ4n) is 4.12. The molecule has 0 bridgehead atoms. The number of carbonyl (C=O) groups is 1. The molecule has 4 rings (SSSR count). The van der Waals surface area contributed by atoms with Gasteiger partial charge in [-0.25, -0.2) is 4.98 Å². The smallest absolute Gasteiger partial charge is 0.267 e. The Morgan fingerprint density at radius 2 is 1.94 bits per heavy atom. The van der Waals surface area contributed by atoms with Crippen molar-refractivity contribution < 1.29 is 4.79 Å². The van der Waals surface area contributed by atoms with Gasteiger partial charge in [0.05, 0.1) is 10.5 Å². The van der Waals surface area contributed by atoms with Gasteiger partial charge in [-0.2, -0.15) is 0 Å². The SMILES string of the molecule is CC[C@@H](C)N1C(=O)/C(=C/c2c(N3CCN(CC)CC3)nc3c(C)cccn3c2=O)SC1=S. The first kappa shape index (κ1) is 22.9. The van der Waals surface area contributed by atoms with Crippen LogP contribution in [0.4, 0.5) is 5.82 Å². The van der Waals surface area contributed by atoms with Gasteiger partial charge in [-0.3, -0.25) is 18.9 Å². The number of amides is 1. The second-order valence-corrected chi connectivity index (χ2v) is 9.95. The monoisotopic (exact) mass is 471 g/mol. The van der Waals surface area contributed by atoms with Crippen LogP contribution in [0.25, 0.3) is 11.7 Å². The van der Waals surface area contributed by atoms with Crippen molar-refractivity contribution >= 4 is 51.7 Å². The van der Waals surface area contributed by atoms with Gasteiger partial charge in [0, 0.05) is 38.4 Å². The molecule has 0 radical (unpaired) electrons. The molecule has 1 amide bonds. The molecule has 2 saturated heterocycles. The van der Waals surface area contributed by atoms with Crippen molar-refractivity contribution in [2.45, 2.75) is 40.2 Å². The van der Waals surface area contributed by atoms with E-state index in [1.807, 2.05) is 32.9 Å². The summed E-state index contributed by atoms with van der Waals surface area (Å²) in [6.07, 6.45) is 4.25. The molecular formula is C23H29N5O2S2. The van der Waals surface area contributed by atoms with E-state index in [0.717, 1.165) is 44.7 Å². The Labute approximate surface area is 198 Å². The maximum atomic E-state index is 13.6. The van der Waals surface area contributed by atoms with Crippen molar-refractivity contribution in [2.24, 2.45) is 0 Å². The van der Waals surface area contributed by atoms with E-state index in [2.05, 4.69) is 16.7 Å². The average molecular weight is 472 g/mol. The maximum absolute atomic E-state index is 13.6. The Bertz CT molecular complexity index is 1150. The Kier molecular flexibility index (Phi) is 6.69. The van der Waals surface area contributed by atoms with Crippen LogP contribution in [-0.4, -0.2) is 68.2 Å². The molecule has 2 aromatic heterocycles. The number of piperazine rings is 1. The number of thioether (sulfide) groups is 1. The van der Waals surface area contributed by atoms with Crippen molar-refractivity contribution in [2.75, 3.05) is 37.6 Å². The lowest BCUT2D eigenvalue weighted by molar-refractivity contribution is -0.123. The predicted molar refractivity (Wildman–Crippen MR) is 135 cm³/mol. The van der Waals surface area contributed by atoms with Gasteiger partial charge in [0.1, 0.15) is 15.8 Å². The molecule has 32 heavy (non-hydrogen) atoms. The van der Waals surface area contributed by atoms with Gasteiger partial charge < -0.3 is 9.80 Å². The number of nitrogens with zero attached hydrogens (tertiary/aromatic N) is 5. The molecule has 0 aromatic carbocycles. The first-order valence-corrected chi connectivity index (χ1v) is 12.3. The summed E-state index contributed by atoms with van der Waals surface area (Å²) in [5, 5.41) is 0. The molecular weight excluding hydrogens is 442 g/mol. The van der Waals surface area contributed by atoms with E-state index < -0.39 is 0 Å². The number of likely N-dealkylation sites (N-methyl/N-ethyl adjacent to an activating group) is 1. The van der Waals surface area contributed by atoms with E-state index in [4.69, 9.17) is 17.2 Å². The van der Waals surface area contributed by atoms with Crippen molar-refractivity contribution in [1.29, 1.82) is 0 Å². The lowest BCUT2D eigenvalue weighted by atomic mass is 10.2. The van der Waals surface area contributed by atoms with Gasteiger partial charge in [0.15, 0.2) is 0 Å². The number of fused-ring (bicyclic) bond motifs is 1. The van der Waals surface area contributed by atoms with Gasteiger partial charge in [-0.1, -0.05) is 43.9 Å². The summed E-state index contributed by atoms with van der Waals surface area (Å²) in [6.45, 7) is 12.5. The average Bonchev–Trinajstić information content (AvgIpc) is 3.08. The van der Waals surface area contributed by atoms with E-state index in [9.17, 15) is 9.59 Å². The molecule has 7 nitrogen and oxygen atoms in total. The lowest BCUT2D eigenvalue weighted by Gasteiger charge is -2.35. The van der Waals surface area contributed by atoms with Crippen LogP contribution in [0.2, 0.25) is 0 Å². The van der Waals surface area contributed by atoms with E-state index in [1.54, 1.807) is 21.6 Å². The van der Waals surface area contributed by atoms with E-state index in [0.29, 0.717) is 26.3 Å².